The predicted molar refractivity (Wildman–Crippen MR) is 56.4 cm³/mol. The maximum absolute atomic E-state index is 11.9. The summed E-state index contributed by atoms with van der Waals surface area (Å²) in [5.74, 6) is -1.24. The van der Waals surface area contributed by atoms with Crippen molar-refractivity contribution >= 4 is 17.7 Å². The second kappa shape index (κ2) is 3.74. The van der Waals surface area contributed by atoms with E-state index in [1.807, 2.05) is 0 Å². The highest BCUT2D eigenvalue weighted by Gasteiger charge is 2.36. The number of imidazole rings is 1. The van der Waals surface area contributed by atoms with Gasteiger partial charge < -0.3 is 19.7 Å². The first-order chi connectivity index (χ1) is 7.93. The van der Waals surface area contributed by atoms with Gasteiger partial charge in [-0.2, -0.15) is 0 Å². The largest absolute Gasteiger partial charge is 0.480 e. The van der Waals surface area contributed by atoms with Crippen LogP contribution in [0.25, 0.3) is 0 Å². The number of hydrogen-bond acceptors (Lipinski definition) is 5. The van der Waals surface area contributed by atoms with E-state index in [1.54, 1.807) is 7.05 Å². The van der Waals surface area contributed by atoms with Crippen molar-refractivity contribution in [3.63, 3.8) is 0 Å². The Bertz CT molecular complexity index is 483. The minimum Gasteiger partial charge on any atom is -0.480 e. The first-order valence-corrected chi connectivity index (χ1v) is 4.88. The van der Waals surface area contributed by atoms with Gasteiger partial charge in [0.1, 0.15) is 6.54 Å². The first-order valence-electron chi connectivity index (χ1n) is 4.88. The highest BCUT2D eigenvalue weighted by atomic mass is 16.4. The number of fused-ring (bicyclic) bond motifs is 1. The van der Waals surface area contributed by atoms with Crippen LogP contribution in [0.5, 0.6) is 0 Å². The number of aromatic nitrogens is 2. The molecule has 1 amide bonds. The van der Waals surface area contributed by atoms with Crippen LogP contribution in [0.4, 0.5) is 5.82 Å². The van der Waals surface area contributed by atoms with Crippen LogP contribution in [0, 0.1) is 0 Å². The summed E-state index contributed by atoms with van der Waals surface area (Å²) in [7, 11) is 3.01. The molecule has 0 fully saturated rings. The highest BCUT2D eigenvalue weighted by molar-refractivity contribution is 5.99. The third-order valence-electron chi connectivity index (χ3n) is 2.67. The number of aliphatic hydroxyl groups excluding tert-OH is 1. The van der Waals surface area contributed by atoms with E-state index in [0.717, 1.165) is 4.90 Å². The van der Waals surface area contributed by atoms with Gasteiger partial charge in [-0.05, 0) is 0 Å². The fourth-order valence-corrected chi connectivity index (χ4v) is 1.76. The minimum absolute atomic E-state index is 0.169. The number of hydrogen-bond donors (Lipinski definition) is 2. The van der Waals surface area contributed by atoms with Gasteiger partial charge in [0.05, 0.1) is 6.33 Å². The highest BCUT2D eigenvalue weighted by Crippen LogP contribution is 2.26. The summed E-state index contributed by atoms with van der Waals surface area (Å²) >= 11 is 0. The molecule has 0 aliphatic carbocycles. The van der Waals surface area contributed by atoms with Crippen molar-refractivity contribution in [3.8, 4) is 0 Å². The summed E-state index contributed by atoms with van der Waals surface area (Å²) < 4.78 is 1.25. The zero-order valence-electron chi connectivity index (χ0n) is 9.36. The maximum atomic E-state index is 11.9. The van der Waals surface area contributed by atoms with Gasteiger partial charge in [-0.3, -0.25) is 14.5 Å². The van der Waals surface area contributed by atoms with Gasteiger partial charge in [0.25, 0.3) is 5.91 Å². The molecule has 0 saturated carbocycles. The Kier molecular flexibility index (Phi) is 2.50. The van der Waals surface area contributed by atoms with Crippen molar-refractivity contribution in [2.45, 2.75) is 12.9 Å². The van der Waals surface area contributed by atoms with Crippen molar-refractivity contribution in [2.24, 2.45) is 0 Å². The first kappa shape index (κ1) is 11.4. The molecule has 1 aliphatic rings. The Balaban J connectivity index is 2.49. The SMILES string of the molecule is CN1C(=O)c2c(ncn2CC(=O)O)N(C)C1O. The Labute approximate surface area is 96.7 Å². The number of carbonyl (C=O) groups excluding carboxylic acids is 1. The fourth-order valence-electron chi connectivity index (χ4n) is 1.76. The van der Waals surface area contributed by atoms with Crippen molar-refractivity contribution in [2.75, 3.05) is 19.0 Å². The van der Waals surface area contributed by atoms with Gasteiger partial charge in [-0.25, -0.2) is 4.98 Å². The van der Waals surface area contributed by atoms with E-state index < -0.39 is 18.2 Å². The summed E-state index contributed by atoms with van der Waals surface area (Å²) in [5, 5.41) is 18.4. The molecular formula is C9H12N4O4. The quantitative estimate of drug-likeness (QED) is 0.671. The minimum atomic E-state index is -1.09. The number of nitrogens with zero attached hydrogens (tertiary/aromatic N) is 4. The van der Waals surface area contributed by atoms with Crippen LogP contribution >= 0.6 is 0 Å². The number of carboxylic acid groups (broad SMARTS) is 1. The van der Waals surface area contributed by atoms with E-state index in [9.17, 15) is 14.7 Å². The summed E-state index contributed by atoms with van der Waals surface area (Å²) in [6, 6.07) is 0. The Morgan fingerprint density at radius 2 is 2.12 bits per heavy atom. The Morgan fingerprint density at radius 3 is 2.71 bits per heavy atom. The number of amides is 1. The lowest BCUT2D eigenvalue weighted by atomic mass is 10.3. The third kappa shape index (κ3) is 1.62. The van der Waals surface area contributed by atoms with Crippen LogP contribution in [0.1, 0.15) is 10.5 Å². The zero-order valence-corrected chi connectivity index (χ0v) is 9.36. The lowest BCUT2D eigenvalue weighted by molar-refractivity contribution is -0.137. The van der Waals surface area contributed by atoms with Gasteiger partial charge in [0.2, 0.25) is 6.35 Å². The number of rotatable bonds is 2. The van der Waals surface area contributed by atoms with E-state index >= 15 is 0 Å². The van der Waals surface area contributed by atoms with Crippen LogP contribution in [-0.4, -0.2) is 57.0 Å². The second-order valence-electron chi connectivity index (χ2n) is 3.81. The molecule has 1 atom stereocenters. The third-order valence-corrected chi connectivity index (χ3v) is 2.67. The van der Waals surface area contributed by atoms with Crippen LogP contribution in [0.15, 0.2) is 6.33 Å². The summed E-state index contributed by atoms with van der Waals surface area (Å²) in [4.78, 5) is 29.0. The van der Waals surface area contributed by atoms with Crippen LogP contribution in [0.3, 0.4) is 0 Å². The van der Waals surface area contributed by atoms with Gasteiger partial charge in [-0.1, -0.05) is 0 Å². The van der Waals surface area contributed by atoms with Gasteiger partial charge in [-0.15, -0.1) is 0 Å². The summed E-state index contributed by atoms with van der Waals surface area (Å²) in [6.07, 6.45) is 0.183. The summed E-state index contributed by atoms with van der Waals surface area (Å²) in [6.45, 7) is -0.341. The molecule has 1 aliphatic heterocycles. The molecular weight excluding hydrogens is 228 g/mol. The molecule has 0 bridgehead atoms. The van der Waals surface area contributed by atoms with Gasteiger partial charge in [0, 0.05) is 14.1 Å². The maximum Gasteiger partial charge on any atom is 0.323 e. The molecule has 8 nitrogen and oxygen atoms in total. The number of aliphatic hydroxyl groups is 1. The number of anilines is 1. The van der Waals surface area contributed by atoms with Crippen molar-refractivity contribution in [1.82, 2.24) is 14.5 Å². The van der Waals surface area contributed by atoms with Crippen LogP contribution in [0.2, 0.25) is 0 Å². The van der Waals surface area contributed by atoms with Crippen molar-refractivity contribution in [1.29, 1.82) is 0 Å². The average Bonchev–Trinajstić information content (AvgIpc) is 2.66. The normalized spacial score (nSPS) is 19.5. The van der Waals surface area contributed by atoms with Gasteiger partial charge >= 0.3 is 5.97 Å². The molecule has 0 radical (unpaired) electrons. The topological polar surface area (TPSA) is 98.9 Å². The molecule has 0 saturated heterocycles. The lowest BCUT2D eigenvalue weighted by Gasteiger charge is -2.36. The van der Waals surface area contributed by atoms with E-state index in [2.05, 4.69) is 4.98 Å². The van der Waals surface area contributed by atoms with Gasteiger partial charge in [0.15, 0.2) is 11.5 Å². The number of aliphatic carboxylic acids is 1. The fraction of sp³-hybridized carbons (Fsp3) is 0.444. The predicted octanol–water partition coefficient (Wildman–Crippen LogP) is -1.23. The molecule has 8 heteroatoms. The smallest absolute Gasteiger partial charge is 0.323 e. The lowest BCUT2D eigenvalue weighted by Crippen LogP contribution is -2.52. The monoisotopic (exact) mass is 240 g/mol. The molecule has 1 aromatic rings. The standard InChI is InChI=1S/C9H12N4O4/c1-11-7-6(8(16)12(2)9(11)17)13(4-10-7)3-5(14)15/h4,9,17H,3H2,1-2H3,(H,14,15). The van der Waals surface area contributed by atoms with E-state index in [0.29, 0.717) is 0 Å². The Hall–Kier alpha value is -2.09. The molecule has 1 aromatic heterocycles. The van der Waals surface area contributed by atoms with E-state index in [4.69, 9.17) is 5.11 Å². The molecule has 2 N–H and O–H groups in total. The van der Waals surface area contributed by atoms with E-state index in [1.165, 1.54) is 22.8 Å². The average molecular weight is 240 g/mol. The molecule has 0 aromatic carbocycles. The van der Waals surface area contributed by atoms with Crippen molar-refractivity contribution in [3.05, 3.63) is 12.0 Å². The zero-order chi connectivity index (χ0) is 12.7. The molecule has 2 rings (SSSR count). The van der Waals surface area contributed by atoms with Crippen LogP contribution < -0.4 is 4.90 Å². The Morgan fingerprint density at radius 1 is 1.47 bits per heavy atom. The second-order valence-corrected chi connectivity index (χ2v) is 3.81. The molecule has 2 heterocycles. The molecule has 0 spiro atoms. The molecule has 92 valence electrons. The molecule has 17 heavy (non-hydrogen) atoms. The molecule has 1 unspecified atom stereocenters. The number of carboxylic acids is 1. The van der Waals surface area contributed by atoms with Crippen LogP contribution in [-0.2, 0) is 11.3 Å². The number of carbonyl (C=O) groups is 2. The van der Waals surface area contributed by atoms with Crippen molar-refractivity contribution < 1.29 is 19.8 Å². The summed E-state index contributed by atoms with van der Waals surface area (Å²) in [5.41, 5.74) is 0.169. The van der Waals surface area contributed by atoms with E-state index in [-0.39, 0.29) is 18.1 Å².